The maximum Gasteiger partial charge on any atom is 0.411 e. The largest absolute Gasteiger partial charge is 0.411 e. The van der Waals surface area contributed by atoms with E-state index in [1.807, 2.05) is 0 Å². The van der Waals surface area contributed by atoms with Crippen LogP contribution in [0.3, 0.4) is 0 Å². The van der Waals surface area contributed by atoms with E-state index in [0.717, 1.165) is 0 Å². The average molecular weight is 275 g/mol. The highest BCUT2D eigenvalue weighted by molar-refractivity contribution is 5.96. The molecule has 0 fully saturated rings. The highest BCUT2D eigenvalue weighted by atomic mass is 19.4. The molecule has 106 valence electrons. The zero-order valence-corrected chi connectivity index (χ0v) is 10.8. The van der Waals surface area contributed by atoms with Gasteiger partial charge in [0.15, 0.2) is 0 Å². The molecule has 0 heterocycles. The molecule has 0 radical (unpaired) electrons. The van der Waals surface area contributed by atoms with Crippen molar-refractivity contribution in [2.75, 3.05) is 18.1 Å². The van der Waals surface area contributed by atoms with Gasteiger partial charge in [-0.3, -0.25) is 4.79 Å². The van der Waals surface area contributed by atoms with Crippen LogP contribution in [0.15, 0.2) is 30.3 Å². The van der Waals surface area contributed by atoms with Crippen LogP contribution >= 0.6 is 0 Å². The second-order valence-corrected chi connectivity index (χ2v) is 3.99. The van der Waals surface area contributed by atoms with E-state index in [2.05, 4.69) is 4.74 Å². The van der Waals surface area contributed by atoms with Crippen LogP contribution in [-0.4, -0.2) is 31.3 Å². The number of alkyl halides is 3. The Hall–Kier alpha value is -1.56. The molecule has 1 aromatic carbocycles. The molecular weight excluding hydrogens is 259 g/mol. The molecule has 0 aromatic heterocycles. The highest BCUT2D eigenvalue weighted by Crippen LogP contribution is 2.18. The number of ether oxygens (including phenoxy) is 1. The third kappa shape index (κ3) is 4.90. The lowest BCUT2D eigenvalue weighted by atomic mass is 10.2. The third-order valence-electron chi connectivity index (χ3n) is 2.49. The first-order valence-corrected chi connectivity index (χ1v) is 5.90. The number of carbonyl (C=O) groups excluding carboxylic acids is 1. The lowest BCUT2D eigenvalue weighted by Gasteiger charge is -2.24. The topological polar surface area (TPSA) is 29.5 Å². The number of anilines is 1. The van der Waals surface area contributed by atoms with E-state index in [9.17, 15) is 18.0 Å². The standard InChI is InChI=1S/C13H16F3NO2/c1-3-17(11-7-5-4-6-8-11)12(18)10(2)19-9-13(14,15)16/h4-8,10H,3,9H2,1-2H3. The Morgan fingerprint density at radius 2 is 1.89 bits per heavy atom. The average Bonchev–Trinajstić information content (AvgIpc) is 2.37. The predicted octanol–water partition coefficient (Wildman–Crippen LogP) is 3.01. The zero-order valence-electron chi connectivity index (χ0n) is 10.8. The molecular formula is C13H16F3NO2. The smallest absolute Gasteiger partial charge is 0.359 e. The van der Waals surface area contributed by atoms with Gasteiger partial charge in [0, 0.05) is 12.2 Å². The second-order valence-electron chi connectivity index (χ2n) is 3.99. The van der Waals surface area contributed by atoms with E-state index in [0.29, 0.717) is 12.2 Å². The summed E-state index contributed by atoms with van der Waals surface area (Å²) >= 11 is 0. The monoisotopic (exact) mass is 275 g/mol. The van der Waals surface area contributed by atoms with Crippen LogP contribution in [0.5, 0.6) is 0 Å². The van der Waals surface area contributed by atoms with Crippen molar-refractivity contribution in [1.82, 2.24) is 0 Å². The van der Waals surface area contributed by atoms with Gasteiger partial charge in [-0.25, -0.2) is 0 Å². The van der Waals surface area contributed by atoms with Gasteiger partial charge >= 0.3 is 6.18 Å². The van der Waals surface area contributed by atoms with E-state index in [1.54, 1.807) is 37.3 Å². The molecule has 1 unspecified atom stereocenters. The number of likely N-dealkylation sites (N-methyl/N-ethyl adjacent to an activating group) is 1. The third-order valence-corrected chi connectivity index (χ3v) is 2.49. The van der Waals surface area contributed by atoms with Crippen molar-refractivity contribution in [1.29, 1.82) is 0 Å². The zero-order chi connectivity index (χ0) is 14.5. The molecule has 0 aliphatic carbocycles. The van der Waals surface area contributed by atoms with E-state index in [1.165, 1.54) is 11.8 Å². The Bertz CT molecular complexity index is 406. The number of para-hydroxylation sites is 1. The van der Waals surface area contributed by atoms with Crippen molar-refractivity contribution in [3.63, 3.8) is 0 Å². The Labute approximate surface area is 110 Å². The molecule has 6 heteroatoms. The van der Waals surface area contributed by atoms with E-state index >= 15 is 0 Å². The van der Waals surface area contributed by atoms with Gasteiger partial charge < -0.3 is 9.64 Å². The fraction of sp³-hybridized carbons (Fsp3) is 0.462. The van der Waals surface area contributed by atoms with Crippen molar-refractivity contribution in [2.45, 2.75) is 26.1 Å². The van der Waals surface area contributed by atoms with Crippen molar-refractivity contribution in [2.24, 2.45) is 0 Å². The molecule has 3 nitrogen and oxygen atoms in total. The molecule has 0 saturated carbocycles. The number of carbonyl (C=O) groups is 1. The molecule has 1 amide bonds. The van der Waals surface area contributed by atoms with E-state index < -0.39 is 24.8 Å². The van der Waals surface area contributed by atoms with Gasteiger partial charge in [0.25, 0.3) is 5.91 Å². The Balaban J connectivity index is 2.69. The van der Waals surface area contributed by atoms with E-state index in [4.69, 9.17) is 0 Å². The molecule has 0 spiro atoms. The van der Waals surface area contributed by atoms with Crippen LogP contribution in [-0.2, 0) is 9.53 Å². The number of nitrogens with zero attached hydrogens (tertiary/aromatic N) is 1. The Morgan fingerprint density at radius 3 is 2.37 bits per heavy atom. The number of halogens is 3. The summed E-state index contributed by atoms with van der Waals surface area (Å²) in [6.45, 7) is 2.01. The molecule has 19 heavy (non-hydrogen) atoms. The van der Waals surface area contributed by atoms with Gasteiger partial charge in [-0.05, 0) is 26.0 Å². The summed E-state index contributed by atoms with van der Waals surface area (Å²) in [5.41, 5.74) is 0.637. The molecule has 1 atom stereocenters. The summed E-state index contributed by atoms with van der Waals surface area (Å²) in [6, 6.07) is 8.75. The fourth-order valence-electron chi connectivity index (χ4n) is 1.58. The van der Waals surface area contributed by atoms with Crippen molar-refractivity contribution < 1.29 is 22.7 Å². The van der Waals surface area contributed by atoms with Crippen LogP contribution in [0.1, 0.15) is 13.8 Å². The van der Waals surface area contributed by atoms with Crippen LogP contribution in [0, 0.1) is 0 Å². The Kier molecular flexibility index (Phi) is 5.35. The highest BCUT2D eigenvalue weighted by Gasteiger charge is 2.31. The van der Waals surface area contributed by atoms with Gasteiger partial charge in [-0.1, -0.05) is 18.2 Å². The maximum absolute atomic E-state index is 12.0. The van der Waals surface area contributed by atoms with E-state index in [-0.39, 0.29) is 0 Å². The Morgan fingerprint density at radius 1 is 1.32 bits per heavy atom. The lowest BCUT2D eigenvalue weighted by Crippen LogP contribution is -2.40. The quantitative estimate of drug-likeness (QED) is 0.826. The maximum atomic E-state index is 12.0. The molecule has 0 bridgehead atoms. The summed E-state index contributed by atoms with van der Waals surface area (Å²) in [5, 5.41) is 0. The van der Waals surface area contributed by atoms with Crippen molar-refractivity contribution in [3.05, 3.63) is 30.3 Å². The fourth-order valence-corrected chi connectivity index (χ4v) is 1.58. The molecule has 1 aromatic rings. The van der Waals surface area contributed by atoms with Gasteiger partial charge in [-0.2, -0.15) is 13.2 Å². The number of benzene rings is 1. The molecule has 0 N–H and O–H groups in total. The van der Waals surface area contributed by atoms with Gasteiger partial charge in [-0.15, -0.1) is 0 Å². The summed E-state index contributed by atoms with van der Waals surface area (Å²) in [4.78, 5) is 13.4. The summed E-state index contributed by atoms with van der Waals surface area (Å²) in [5.74, 6) is -0.488. The molecule has 1 rings (SSSR count). The first-order valence-electron chi connectivity index (χ1n) is 5.90. The summed E-state index contributed by atoms with van der Waals surface area (Å²) in [7, 11) is 0. The van der Waals surface area contributed by atoms with Gasteiger partial charge in [0.05, 0.1) is 0 Å². The lowest BCUT2D eigenvalue weighted by molar-refractivity contribution is -0.185. The first-order chi connectivity index (χ1) is 8.85. The number of amides is 1. The van der Waals surface area contributed by atoms with Crippen LogP contribution in [0.4, 0.5) is 18.9 Å². The molecule has 0 aliphatic rings. The van der Waals surface area contributed by atoms with Crippen LogP contribution in [0.25, 0.3) is 0 Å². The number of hydrogen-bond donors (Lipinski definition) is 0. The second kappa shape index (κ2) is 6.56. The van der Waals surface area contributed by atoms with Crippen LogP contribution in [0.2, 0.25) is 0 Å². The number of rotatable bonds is 5. The normalized spacial score (nSPS) is 13.1. The van der Waals surface area contributed by atoms with Gasteiger partial charge in [0.2, 0.25) is 0 Å². The first kappa shape index (κ1) is 15.5. The molecule has 0 aliphatic heterocycles. The minimum absolute atomic E-state index is 0.364. The van der Waals surface area contributed by atoms with Gasteiger partial charge in [0.1, 0.15) is 12.7 Å². The van der Waals surface area contributed by atoms with Crippen LogP contribution < -0.4 is 4.90 Å². The SMILES string of the molecule is CCN(C(=O)C(C)OCC(F)(F)F)c1ccccc1. The number of hydrogen-bond acceptors (Lipinski definition) is 2. The van der Waals surface area contributed by atoms with Crippen molar-refractivity contribution >= 4 is 11.6 Å². The summed E-state index contributed by atoms with van der Waals surface area (Å²) < 4.78 is 40.7. The van der Waals surface area contributed by atoms with Crippen molar-refractivity contribution in [3.8, 4) is 0 Å². The minimum Gasteiger partial charge on any atom is -0.359 e. The minimum atomic E-state index is -4.43. The summed E-state index contributed by atoms with van der Waals surface area (Å²) in [6.07, 6.45) is -5.57. The predicted molar refractivity (Wildman–Crippen MR) is 65.9 cm³/mol. The molecule has 0 saturated heterocycles.